The molecule has 0 atom stereocenters. The summed E-state index contributed by atoms with van der Waals surface area (Å²) in [4.78, 5) is 21.0. The highest BCUT2D eigenvalue weighted by atomic mass is 32.1. The maximum absolute atomic E-state index is 13.1. The Morgan fingerprint density at radius 1 is 1.56 bits per heavy atom. The van der Waals surface area contributed by atoms with Gasteiger partial charge >= 0.3 is 10.9 Å². The largest absolute Gasteiger partial charge is 0.617 e. The Morgan fingerprint density at radius 3 is 2.78 bits per heavy atom. The summed E-state index contributed by atoms with van der Waals surface area (Å²) < 4.78 is 13.0. The predicted molar refractivity (Wildman–Crippen MR) is 56.7 cm³/mol. The third-order valence-corrected chi connectivity index (χ3v) is 3.28. The minimum Gasteiger partial charge on any atom is -0.617 e. The maximum Gasteiger partial charge on any atom is 0.352 e. The third kappa shape index (κ3) is 1.72. The Bertz CT molecular complexity index is 670. The standard InChI is InChI=1S/C8H4FN3O5S/c9-3-1-4-6(5(2-3)12(16)17)18-8(11(4)15)7(13)10-14/h1-2,14H,(H,10,13). The average molecular weight is 273 g/mol. The van der Waals surface area contributed by atoms with E-state index in [1.54, 1.807) is 0 Å². The summed E-state index contributed by atoms with van der Waals surface area (Å²) in [6.45, 7) is 0. The van der Waals surface area contributed by atoms with Crippen LogP contribution in [0.2, 0.25) is 0 Å². The average Bonchev–Trinajstić information content (AvgIpc) is 2.65. The summed E-state index contributed by atoms with van der Waals surface area (Å²) >= 11 is 0.490. The zero-order chi connectivity index (χ0) is 13.4. The first-order valence-corrected chi connectivity index (χ1v) is 5.21. The molecule has 1 heterocycles. The van der Waals surface area contributed by atoms with Gasteiger partial charge in [-0.15, -0.1) is 4.73 Å². The molecule has 0 aliphatic heterocycles. The number of hydrogen-bond donors (Lipinski definition) is 2. The molecule has 0 bridgehead atoms. The molecule has 1 aromatic heterocycles. The van der Waals surface area contributed by atoms with Gasteiger partial charge < -0.3 is 5.21 Å². The lowest BCUT2D eigenvalue weighted by atomic mass is 10.3. The molecule has 0 saturated heterocycles. The third-order valence-electron chi connectivity index (χ3n) is 2.11. The van der Waals surface area contributed by atoms with E-state index in [0.717, 1.165) is 6.07 Å². The summed E-state index contributed by atoms with van der Waals surface area (Å²) in [7, 11) is 0. The number of nitro benzene ring substituents is 1. The van der Waals surface area contributed by atoms with Crippen molar-refractivity contribution in [3.63, 3.8) is 0 Å². The van der Waals surface area contributed by atoms with Crippen LogP contribution in [0.25, 0.3) is 10.2 Å². The van der Waals surface area contributed by atoms with Gasteiger partial charge in [0.2, 0.25) is 5.52 Å². The van der Waals surface area contributed by atoms with Crippen LogP contribution in [0.4, 0.5) is 10.1 Å². The summed E-state index contributed by atoms with van der Waals surface area (Å²) in [5.74, 6) is -2.09. The lowest BCUT2D eigenvalue weighted by Crippen LogP contribution is -2.35. The van der Waals surface area contributed by atoms with E-state index >= 15 is 0 Å². The molecule has 0 aliphatic rings. The molecule has 0 fully saturated rings. The minimum atomic E-state index is -1.12. The smallest absolute Gasteiger partial charge is 0.352 e. The number of nitrogens with one attached hydrogen (secondary N) is 1. The number of halogens is 1. The molecule has 8 nitrogen and oxygen atoms in total. The fraction of sp³-hybridized carbons (Fsp3) is 0. The predicted octanol–water partition coefficient (Wildman–Crippen LogP) is 0.701. The second kappa shape index (κ2) is 4.16. The van der Waals surface area contributed by atoms with Crippen molar-refractivity contribution in [2.24, 2.45) is 0 Å². The second-order valence-electron chi connectivity index (χ2n) is 3.17. The van der Waals surface area contributed by atoms with Gasteiger partial charge in [-0.25, -0.2) is 9.87 Å². The van der Waals surface area contributed by atoms with E-state index in [1.807, 2.05) is 0 Å². The van der Waals surface area contributed by atoms with Crippen LogP contribution in [0.15, 0.2) is 12.1 Å². The number of nitrogens with zero attached hydrogens (tertiary/aromatic N) is 2. The Balaban J connectivity index is 2.83. The van der Waals surface area contributed by atoms with E-state index in [4.69, 9.17) is 5.21 Å². The number of nitro groups is 1. The highest BCUT2D eigenvalue weighted by Crippen LogP contribution is 2.30. The van der Waals surface area contributed by atoms with E-state index < -0.39 is 27.3 Å². The molecule has 94 valence electrons. The summed E-state index contributed by atoms with van der Waals surface area (Å²) in [5.41, 5.74) is 0.277. The number of non-ortho nitro benzene ring substituents is 1. The quantitative estimate of drug-likeness (QED) is 0.274. The van der Waals surface area contributed by atoms with Crippen LogP contribution >= 0.6 is 11.3 Å². The Hall–Kier alpha value is -2.33. The van der Waals surface area contributed by atoms with Gasteiger partial charge in [-0.2, -0.15) is 0 Å². The van der Waals surface area contributed by atoms with E-state index in [9.17, 15) is 24.5 Å². The number of benzene rings is 1. The van der Waals surface area contributed by atoms with Crippen molar-refractivity contribution in [1.82, 2.24) is 5.48 Å². The number of amides is 1. The first-order valence-electron chi connectivity index (χ1n) is 4.40. The molecule has 2 aromatic rings. The number of rotatable bonds is 2. The maximum atomic E-state index is 13.1. The number of aromatic nitrogens is 1. The molecule has 2 rings (SSSR count). The van der Waals surface area contributed by atoms with Gasteiger partial charge in [0.1, 0.15) is 5.82 Å². The van der Waals surface area contributed by atoms with Crippen LogP contribution in [0.5, 0.6) is 0 Å². The molecule has 10 heteroatoms. The van der Waals surface area contributed by atoms with Crippen molar-refractivity contribution in [1.29, 1.82) is 0 Å². The number of fused-ring (bicyclic) bond motifs is 1. The highest BCUT2D eigenvalue weighted by Gasteiger charge is 2.29. The molecule has 0 saturated carbocycles. The fourth-order valence-corrected chi connectivity index (χ4v) is 2.39. The Morgan fingerprint density at radius 2 is 2.22 bits per heavy atom. The summed E-state index contributed by atoms with van der Waals surface area (Å²) in [6, 6.07) is 1.43. The van der Waals surface area contributed by atoms with Crippen molar-refractivity contribution in [3.05, 3.63) is 38.3 Å². The second-order valence-corrected chi connectivity index (χ2v) is 4.17. The van der Waals surface area contributed by atoms with Crippen LogP contribution in [0.1, 0.15) is 9.80 Å². The van der Waals surface area contributed by atoms with Crippen molar-refractivity contribution in [3.8, 4) is 0 Å². The number of hydroxylamine groups is 1. The SMILES string of the molecule is O=C(NO)c1sc2c([N+](=O)[O-])cc(F)cc2[n+]1[O-]. The molecule has 2 N–H and O–H groups in total. The van der Waals surface area contributed by atoms with E-state index in [0.29, 0.717) is 17.4 Å². The van der Waals surface area contributed by atoms with Gasteiger partial charge in [0.15, 0.2) is 4.70 Å². The molecule has 1 aromatic carbocycles. The van der Waals surface area contributed by atoms with Crippen molar-refractivity contribution in [2.45, 2.75) is 0 Å². The Kier molecular flexibility index (Phi) is 2.80. The van der Waals surface area contributed by atoms with E-state index in [2.05, 4.69) is 0 Å². The zero-order valence-electron chi connectivity index (χ0n) is 8.42. The molecule has 0 radical (unpaired) electrons. The van der Waals surface area contributed by atoms with Gasteiger partial charge in [0, 0.05) is 6.07 Å². The molecule has 0 spiro atoms. The summed E-state index contributed by atoms with van der Waals surface area (Å²) in [6.07, 6.45) is 0. The van der Waals surface area contributed by atoms with Crippen molar-refractivity contribution < 1.29 is 24.0 Å². The van der Waals surface area contributed by atoms with E-state index in [1.165, 1.54) is 5.48 Å². The van der Waals surface area contributed by atoms with Crippen molar-refractivity contribution in [2.75, 3.05) is 0 Å². The highest BCUT2D eigenvalue weighted by molar-refractivity contribution is 7.20. The molecule has 18 heavy (non-hydrogen) atoms. The van der Waals surface area contributed by atoms with Crippen LogP contribution in [0.3, 0.4) is 0 Å². The first-order chi connectivity index (χ1) is 8.45. The first kappa shape index (κ1) is 12.1. The lowest BCUT2D eigenvalue weighted by Gasteiger charge is -1.96. The van der Waals surface area contributed by atoms with E-state index in [-0.39, 0.29) is 14.9 Å². The monoisotopic (exact) mass is 273 g/mol. The lowest BCUT2D eigenvalue weighted by molar-refractivity contribution is -0.574. The number of carbonyl (C=O) groups is 1. The van der Waals surface area contributed by atoms with Gasteiger partial charge in [-0.05, 0) is 11.3 Å². The number of hydrogen-bond acceptors (Lipinski definition) is 6. The van der Waals surface area contributed by atoms with Crippen LogP contribution in [0, 0.1) is 21.1 Å². The van der Waals surface area contributed by atoms with Crippen LogP contribution in [-0.4, -0.2) is 16.0 Å². The Labute approximate surface area is 102 Å². The van der Waals surface area contributed by atoms with Crippen LogP contribution in [-0.2, 0) is 0 Å². The summed E-state index contributed by atoms with van der Waals surface area (Å²) in [5, 5.41) is 30.2. The molecular formula is C8H4FN3O5S. The molecule has 0 unspecified atom stereocenters. The zero-order valence-corrected chi connectivity index (χ0v) is 9.23. The minimum absolute atomic E-state index is 0.0294. The van der Waals surface area contributed by atoms with Crippen LogP contribution < -0.4 is 10.2 Å². The molecule has 0 aliphatic carbocycles. The fourth-order valence-electron chi connectivity index (χ4n) is 1.39. The molecule has 1 amide bonds. The normalized spacial score (nSPS) is 10.6. The van der Waals surface area contributed by atoms with Gasteiger partial charge in [-0.1, -0.05) is 0 Å². The van der Waals surface area contributed by atoms with Gasteiger partial charge in [0.25, 0.3) is 5.69 Å². The van der Waals surface area contributed by atoms with Gasteiger partial charge in [-0.3, -0.25) is 20.1 Å². The van der Waals surface area contributed by atoms with Crippen molar-refractivity contribution >= 4 is 33.1 Å². The number of carbonyl (C=O) groups excluding carboxylic acids is 1. The van der Waals surface area contributed by atoms with Gasteiger partial charge in [0.05, 0.1) is 11.0 Å². The topological polar surface area (TPSA) is 119 Å². The number of thiazole rings is 1. The molecular weight excluding hydrogens is 269 g/mol.